The number of fused-ring (bicyclic) bond motifs is 2. The number of rotatable bonds is 4. The molecule has 0 aromatic heterocycles. The molecule has 0 amide bonds. The molecule has 0 aromatic rings. The number of hydrogen-bond acceptors (Lipinski definition) is 7. The maximum Gasteiger partial charge on any atom is 0.355 e. The van der Waals surface area contributed by atoms with Crippen molar-refractivity contribution in [1.29, 1.82) is 0 Å². The van der Waals surface area contributed by atoms with E-state index < -0.39 is 59.0 Å². The van der Waals surface area contributed by atoms with E-state index in [1.807, 2.05) is 13.8 Å². The van der Waals surface area contributed by atoms with Crippen LogP contribution in [0.2, 0.25) is 36.3 Å². The lowest BCUT2D eigenvalue weighted by Gasteiger charge is -2.42. The van der Waals surface area contributed by atoms with Crippen molar-refractivity contribution >= 4 is 34.1 Å². The van der Waals surface area contributed by atoms with Crippen molar-refractivity contribution < 1.29 is 27.8 Å². The molecule has 196 valence electrons. The molecule has 6 atom stereocenters. The predicted octanol–water partition coefficient (Wildman–Crippen LogP) is 5.38. The van der Waals surface area contributed by atoms with Crippen LogP contribution in [0, 0.1) is 23.7 Å². The second kappa shape index (κ2) is 9.43. The van der Waals surface area contributed by atoms with Gasteiger partial charge in [-0.2, -0.15) is 0 Å². The summed E-state index contributed by atoms with van der Waals surface area (Å²) in [6.45, 7) is 25.9. The Morgan fingerprint density at radius 1 is 0.714 bits per heavy atom. The van der Waals surface area contributed by atoms with E-state index in [4.69, 9.17) is 40.0 Å². The fourth-order valence-electron chi connectivity index (χ4n) is 3.53. The van der Waals surface area contributed by atoms with Crippen molar-refractivity contribution in [1.82, 2.24) is 0 Å². The summed E-state index contributed by atoms with van der Waals surface area (Å²) in [6, 6.07) is 0. The molecule has 0 N–H and O–H groups in total. The number of hydrogen-bond donors (Lipinski definition) is 0. The molecule has 0 bridgehead atoms. The molecule has 3 aliphatic rings. The molecule has 0 spiro atoms. The molecule has 9 heteroatoms. The van der Waals surface area contributed by atoms with E-state index in [2.05, 4.69) is 91.4 Å². The van der Waals surface area contributed by atoms with Gasteiger partial charge >= 0.3 is 5.24 Å². The Morgan fingerprint density at radius 3 is 1.37 bits per heavy atom. The van der Waals surface area contributed by atoms with Crippen LogP contribution >= 0.6 is 12.2 Å². The van der Waals surface area contributed by atoms with E-state index in [0.717, 1.165) is 0 Å². The monoisotopic (exact) mass is 538 g/mol. The summed E-state index contributed by atoms with van der Waals surface area (Å²) in [5.41, 5.74) is 0. The van der Waals surface area contributed by atoms with Gasteiger partial charge < -0.3 is 27.8 Å². The molecule has 35 heavy (non-hydrogen) atoms. The Bertz CT molecular complexity index is 883. The summed E-state index contributed by atoms with van der Waals surface area (Å²) < 4.78 is 37.9. The summed E-state index contributed by atoms with van der Waals surface area (Å²) >= 11 is 5.15. The zero-order chi connectivity index (χ0) is 26.6. The van der Waals surface area contributed by atoms with E-state index in [-0.39, 0.29) is 15.3 Å². The fraction of sp³-hybridized carbons (Fsp3) is 0.808. The van der Waals surface area contributed by atoms with Crippen molar-refractivity contribution in [2.75, 3.05) is 0 Å². The molecule has 3 rings (SSSR count). The zero-order valence-corrected chi connectivity index (χ0v) is 26.1. The highest BCUT2D eigenvalue weighted by Gasteiger charge is 2.53. The van der Waals surface area contributed by atoms with Crippen molar-refractivity contribution in [2.45, 2.75) is 134 Å². The van der Waals surface area contributed by atoms with Crippen LogP contribution in [0.1, 0.15) is 55.4 Å². The van der Waals surface area contributed by atoms with Crippen LogP contribution in [0.25, 0.3) is 0 Å². The highest BCUT2D eigenvalue weighted by Crippen LogP contribution is 2.42. The van der Waals surface area contributed by atoms with E-state index >= 15 is 0 Å². The summed E-state index contributed by atoms with van der Waals surface area (Å²) in [7, 11) is -4.43. The van der Waals surface area contributed by atoms with Gasteiger partial charge in [0.2, 0.25) is 12.2 Å². The molecule has 0 saturated carbocycles. The van der Waals surface area contributed by atoms with E-state index in [1.165, 1.54) is 0 Å². The smallest absolute Gasteiger partial charge is 0.355 e. The van der Waals surface area contributed by atoms with Gasteiger partial charge in [0.05, 0.1) is 0 Å². The maximum atomic E-state index is 6.84. The van der Waals surface area contributed by atoms with E-state index in [9.17, 15) is 0 Å². The minimum absolute atomic E-state index is 0.0115. The minimum atomic E-state index is -2.22. The first kappa shape index (κ1) is 28.7. The molecule has 2 unspecified atom stereocenters. The molecule has 2 saturated heterocycles. The van der Waals surface area contributed by atoms with Gasteiger partial charge in [0.1, 0.15) is 24.4 Å². The SMILES string of the molecule is CC1(C)O[C@@H]2[C@@H](O1)[C@H](O[Si](C)(C)C(C)(C)C)C#CC1OC(=S)OC1C#C[C@H]2O[Si](C)(C)C(C)(C)C. The average Bonchev–Trinajstić information content (AvgIpc) is 3.18. The van der Waals surface area contributed by atoms with Gasteiger partial charge in [-0.25, -0.2) is 0 Å². The highest BCUT2D eigenvalue weighted by molar-refractivity contribution is 7.79. The van der Waals surface area contributed by atoms with Crippen molar-refractivity contribution in [3.05, 3.63) is 0 Å². The summed E-state index contributed by atoms with van der Waals surface area (Å²) in [5.74, 6) is 12.1. The van der Waals surface area contributed by atoms with Crippen LogP contribution in [-0.2, 0) is 27.8 Å². The Kier molecular flexibility index (Phi) is 7.72. The minimum Gasteiger partial charge on any atom is -0.435 e. The van der Waals surface area contributed by atoms with Gasteiger partial charge in [-0.05, 0) is 50.1 Å². The van der Waals surface area contributed by atoms with Crippen molar-refractivity contribution in [2.24, 2.45) is 0 Å². The number of ether oxygens (including phenoxy) is 4. The lowest BCUT2D eigenvalue weighted by Crippen LogP contribution is -2.53. The molecule has 0 radical (unpaired) electrons. The Hall–Kier alpha value is -0.916. The molecule has 2 heterocycles. The van der Waals surface area contributed by atoms with Crippen LogP contribution in [0.4, 0.5) is 0 Å². The topological polar surface area (TPSA) is 55.4 Å². The van der Waals surface area contributed by atoms with Crippen LogP contribution in [0.3, 0.4) is 0 Å². The third-order valence-electron chi connectivity index (χ3n) is 7.67. The second-order valence-corrected chi connectivity index (χ2v) is 22.9. The first-order chi connectivity index (χ1) is 15.7. The molecular formula is C26H42O6SSi2. The first-order valence-corrected chi connectivity index (χ1v) is 18.6. The van der Waals surface area contributed by atoms with E-state index in [0.29, 0.717) is 0 Å². The standard InChI is InChI=1S/C26H42O6SSi2/c1-24(2,3)34(9,10)31-19-15-13-17-18(28-23(33)27-17)14-16-20(32-35(11,12)25(4,5)6)22-21(19)29-26(7,8)30-22/h17-22H,1-12H3/t17?,18?,19-,20-,21+,22+/m1/s1. The summed E-state index contributed by atoms with van der Waals surface area (Å²) in [4.78, 5) is 0. The van der Waals surface area contributed by atoms with Crippen LogP contribution < -0.4 is 0 Å². The van der Waals surface area contributed by atoms with Crippen LogP contribution in [0.5, 0.6) is 0 Å². The third kappa shape index (κ3) is 6.33. The average molecular weight is 539 g/mol. The van der Waals surface area contributed by atoms with Gasteiger partial charge in [0.15, 0.2) is 22.4 Å². The maximum absolute atomic E-state index is 6.84. The van der Waals surface area contributed by atoms with Crippen molar-refractivity contribution in [3.8, 4) is 23.7 Å². The Labute approximate surface area is 219 Å². The van der Waals surface area contributed by atoms with Crippen molar-refractivity contribution in [3.63, 3.8) is 0 Å². The lowest BCUT2D eigenvalue weighted by molar-refractivity contribution is -0.155. The Balaban J connectivity index is 2.11. The second-order valence-electron chi connectivity index (χ2n) is 13.1. The molecule has 2 fully saturated rings. The van der Waals surface area contributed by atoms with Crippen LogP contribution in [0.15, 0.2) is 0 Å². The van der Waals surface area contributed by atoms with Gasteiger partial charge in [-0.3, -0.25) is 0 Å². The summed E-state index contributed by atoms with van der Waals surface area (Å²) in [6.07, 6.45) is -3.26. The van der Waals surface area contributed by atoms with Gasteiger partial charge in [-0.15, -0.1) is 0 Å². The van der Waals surface area contributed by atoms with Gasteiger partial charge in [-0.1, -0.05) is 65.2 Å². The largest absolute Gasteiger partial charge is 0.435 e. The molecule has 6 nitrogen and oxygen atoms in total. The first-order valence-electron chi connectivity index (χ1n) is 12.3. The molecule has 2 aliphatic heterocycles. The molecular weight excluding hydrogens is 497 g/mol. The zero-order valence-electron chi connectivity index (χ0n) is 23.3. The normalized spacial score (nSPS) is 32.7. The van der Waals surface area contributed by atoms with Crippen LogP contribution in [-0.4, -0.2) is 64.3 Å². The Morgan fingerprint density at radius 2 is 1.06 bits per heavy atom. The number of thiocarbonyl (C=S) groups is 1. The van der Waals surface area contributed by atoms with Gasteiger partial charge in [0, 0.05) is 12.2 Å². The quantitative estimate of drug-likeness (QED) is 0.271. The lowest BCUT2D eigenvalue weighted by atomic mass is 10.0. The predicted molar refractivity (Wildman–Crippen MR) is 146 cm³/mol. The van der Waals surface area contributed by atoms with E-state index in [1.54, 1.807) is 0 Å². The molecule has 0 aromatic carbocycles. The highest BCUT2D eigenvalue weighted by atomic mass is 32.1. The fourth-order valence-corrected chi connectivity index (χ4v) is 6.10. The molecule has 1 aliphatic carbocycles. The van der Waals surface area contributed by atoms with Gasteiger partial charge in [0.25, 0.3) is 0 Å². The third-order valence-corrected chi connectivity index (χ3v) is 16.8. The summed E-state index contributed by atoms with van der Waals surface area (Å²) in [5, 5.41) is 0.0329.